The number of amides is 1. The molecule has 0 radical (unpaired) electrons. The lowest BCUT2D eigenvalue weighted by molar-refractivity contribution is -0.119. The van der Waals surface area contributed by atoms with Gasteiger partial charge >= 0.3 is 0 Å². The van der Waals surface area contributed by atoms with Gasteiger partial charge in [0.2, 0.25) is 5.91 Å². The van der Waals surface area contributed by atoms with Crippen LogP contribution in [0.2, 0.25) is 0 Å². The molecule has 2 aliphatic heterocycles. The summed E-state index contributed by atoms with van der Waals surface area (Å²) in [7, 11) is 0. The van der Waals surface area contributed by atoms with Gasteiger partial charge in [0.05, 0.1) is 0 Å². The van der Waals surface area contributed by atoms with Crippen LogP contribution in [0.25, 0.3) is 0 Å². The third-order valence-corrected chi connectivity index (χ3v) is 3.81. The van der Waals surface area contributed by atoms with Crippen LogP contribution < -0.4 is 10.2 Å². The van der Waals surface area contributed by atoms with Gasteiger partial charge < -0.3 is 10.2 Å². The zero-order valence-corrected chi connectivity index (χ0v) is 10.3. The molecule has 2 aliphatic rings. The van der Waals surface area contributed by atoms with Crippen molar-refractivity contribution in [2.45, 2.75) is 31.7 Å². The topological polar surface area (TPSA) is 32.3 Å². The van der Waals surface area contributed by atoms with Crippen molar-refractivity contribution in [1.29, 1.82) is 0 Å². The van der Waals surface area contributed by atoms with E-state index in [1.54, 1.807) is 11.0 Å². The second kappa shape index (κ2) is 4.69. The molecule has 2 heterocycles. The number of fused-ring (bicyclic) bond motifs is 1. The smallest absolute Gasteiger partial charge is 0.227 e. The molecule has 1 amide bonds. The van der Waals surface area contributed by atoms with Gasteiger partial charge in [-0.15, -0.1) is 0 Å². The van der Waals surface area contributed by atoms with Gasteiger partial charge in [-0.3, -0.25) is 4.79 Å². The highest BCUT2D eigenvalue weighted by Crippen LogP contribution is 2.29. The van der Waals surface area contributed by atoms with E-state index in [4.69, 9.17) is 0 Å². The number of benzene rings is 1. The molecule has 18 heavy (non-hydrogen) atoms. The van der Waals surface area contributed by atoms with E-state index < -0.39 is 0 Å². The fourth-order valence-electron chi connectivity index (χ4n) is 2.84. The SMILES string of the molecule is O=C1CCc2ccc(F)cc2N1C[C@@H]1CCCN1. The van der Waals surface area contributed by atoms with Crippen molar-refractivity contribution in [3.63, 3.8) is 0 Å². The van der Waals surface area contributed by atoms with Crippen molar-refractivity contribution in [2.75, 3.05) is 18.0 Å². The average Bonchev–Trinajstić information content (AvgIpc) is 2.86. The number of halogens is 1. The summed E-state index contributed by atoms with van der Waals surface area (Å²) in [4.78, 5) is 13.8. The Morgan fingerprint density at radius 1 is 1.39 bits per heavy atom. The molecule has 0 unspecified atom stereocenters. The molecule has 0 saturated carbocycles. The number of carbonyl (C=O) groups excluding carboxylic acids is 1. The Morgan fingerprint density at radius 3 is 3.06 bits per heavy atom. The zero-order chi connectivity index (χ0) is 12.5. The van der Waals surface area contributed by atoms with E-state index in [0.717, 1.165) is 37.1 Å². The molecule has 0 spiro atoms. The first-order valence-electron chi connectivity index (χ1n) is 6.56. The van der Waals surface area contributed by atoms with Crippen LogP contribution in [0.3, 0.4) is 0 Å². The lowest BCUT2D eigenvalue weighted by Gasteiger charge is -2.31. The monoisotopic (exact) mass is 248 g/mol. The van der Waals surface area contributed by atoms with E-state index in [9.17, 15) is 9.18 Å². The highest BCUT2D eigenvalue weighted by Gasteiger charge is 2.27. The van der Waals surface area contributed by atoms with Crippen molar-refractivity contribution < 1.29 is 9.18 Å². The lowest BCUT2D eigenvalue weighted by atomic mass is 10.00. The largest absolute Gasteiger partial charge is 0.312 e. The maximum Gasteiger partial charge on any atom is 0.227 e. The molecule has 1 atom stereocenters. The zero-order valence-electron chi connectivity index (χ0n) is 10.3. The second-order valence-electron chi connectivity index (χ2n) is 5.07. The summed E-state index contributed by atoms with van der Waals surface area (Å²) < 4.78 is 13.4. The van der Waals surface area contributed by atoms with Crippen LogP contribution >= 0.6 is 0 Å². The van der Waals surface area contributed by atoms with E-state index in [1.807, 2.05) is 0 Å². The average molecular weight is 248 g/mol. The molecule has 96 valence electrons. The number of nitrogens with one attached hydrogen (secondary N) is 1. The highest BCUT2D eigenvalue weighted by atomic mass is 19.1. The third kappa shape index (κ3) is 2.12. The minimum Gasteiger partial charge on any atom is -0.312 e. The van der Waals surface area contributed by atoms with Crippen molar-refractivity contribution >= 4 is 11.6 Å². The Balaban J connectivity index is 1.88. The number of anilines is 1. The molecule has 1 aromatic carbocycles. The Morgan fingerprint density at radius 2 is 2.28 bits per heavy atom. The molecule has 0 bridgehead atoms. The fourth-order valence-corrected chi connectivity index (χ4v) is 2.84. The first-order valence-corrected chi connectivity index (χ1v) is 6.56. The first-order chi connectivity index (χ1) is 8.74. The number of nitrogens with zero attached hydrogens (tertiary/aromatic N) is 1. The Labute approximate surface area is 106 Å². The summed E-state index contributed by atoms with van der Waals surface area (Å²) in [6.07, 6.45) is 3.51. The molecular weight excluding hydrogens is 231 g/mol. The van der Waals surface area contributed by atoms with E-state index in [1.165, 1.54) is 12.1 Å². The predicted octanol–water partition coefficient (Wildman–Crippen LogP) is 1.86. The highest BCUT2D eigenvalue weighted by molar-refractivity contribution is 5.96. The van der Waals surface area contributed by atoms with Crippen LogP contribution in [-0.4, -0.2) is 25.0 Å². The van der Waals surface area contributed by atoms with E-state index in [0.29, 0.717) is 19.0 Å². The van der Waals surface area contributed by atoms with E-state index in [-0.39, 0.29) is 11.7 Å². The summed E-state index contributed by atoms with van der Waals surface area (Å²) in [5.41, 5.74) is 1.84. The van der Waals surface area contributed by atoms with Crippen molar-refractivity contribution in [1.82, 2.24) is 5.32 Å². The van der Waals surface area contributed by atoms with Gasteiger partial charge in [0.1, 0.15) is 5.82 Å². The summed E-state index contributed by atoms with van der Waals surface area (Å²) >= 11 is 0. The van der Waals surface area contributed by atoms with Gasteiger partial charge in [-0.2, -0.15) is 0 Å². The van der Waals surface area contributed by atoms with Crippen molar-refractivity contribution in [3.8, 4) is 0 Å². The molecule has 3 rings (SSSR count). The summed E-state index contributed by atoms with van der Waals surface area (Å²) in [5.74, 6) is -0.158. The Hall–Kier alpha value is -1.42. The Bertz CT molecular complexity index is 469. The van der Waals surface area contributed by atoms with Crippen LogP contribution in [0.5, 0.6) is 0 Å². The first kappa shape index (κ1) is 11.7. The quantitative estimate of drug-likeness (QED) is 0.866. The number of rotatable bonds is 2. The van der Waals surface area contributed by atoms with E-state index >= 15 is 0 Å². The maximum absolute atomic E-state index is 13.4. The van der Waals surface area contributed by atoms with Gasteiger partial charge in [0.25, 0.3) is 0 Å². The molecule has 1 fully saturated rings. The maximum atomic E-state index is 13.4. The molecule has 1 N–H and O–H groups in total. The Kier molecular flexibility index (Phi) is 3.04. The van der Waals surface area contributed by atoms with Gasteiger partial charge in [-0.25, -0.2) is 4.39 Å². The molecule has 0 aromatic heterocycles. The third-order valence-electron chi connectivity index (χ3n) is 3.81. The molecule has 3 nitrogen and oxygen atoms in total. The minimum atomic E-state index is -0.271. The van der Waals surface area contributed by atoms with Gasteiger partial charge in [0.15, 0.2) is 0 Å². The van der Waals surface area contributed by atoms with Crippen LogP contribution in [0.15, 0.2) is 18.2 Å². The van der Waals surface area contributed by atoms with Crippen molar-refractivity contribution in [3.05, 3.63) is 29.6 Å². The van der Waals surface area contributed by atoms with Gasteiger partial charge in [-0.05, 0) is 43.5 Å². The fraction of sp³-hybridized carbons (Fsp3) is 0.500. The lowest BCUT2D eigenvalue weighted by Crippen LogP contribution is -2.43. The molecule has 1 saturated heterocycles. The van der Waals surface area contributed by atoms with Crippen LogP contribution in [-0.2, 0) is 11.2 Å². The number of hydrogen-bond acceptors (Lipinski definition) is 2. The van der Waals surface area contributed by atoms with Crippen molar-refractivity contribution in [2.24, 2.45) is 0 Å². The van der Waals surface area contributed by atoms with Crippen LogP contribution in [0.4, 0.5) is 10.1 Å². The normalized spacial score (nSPS) is 23.3. The van der Waals surface area contributed by atoms with Gasteiger partial charge in [-0.1, -0.05) is 6.07 Å². The summed E-state index contributed by atoms with van der Waals surface area (Å²) in [6, 6.07) is 5.11. The molecular formula is C14H17FN2O. The van der Waals surface area contributed by atoms with E-state index in [2.05, 4.69) is 5.32 Å². The van der Waals surface area contributed by atoms with Gasteiger partial charge in [0, 0.05) is 24.7 Å². The van der Waals surface area contributed by atoms with Crippen LogP contribution in [0.1, 0.15) is 24.8 Å². The molecule has 1 aromatic rings. The number of aryl methyl sites for hydroxylation is 1. The second-order valence-corrected chi connectivity index (χ2v) is 5.07. The predicted molar refractivity (Wildman–Crippen MR) is 68.1 cm³/mol. The number of hydrogen-bond donors (Lipinski definition) is 1. The van der Waals surface area contributed by atoms with Crippen LogP contribution in [0, 0.1) is 5.82 Å². The minimum absolute atomic E-state index is 0.113. The molecule has 4 heteroatoms. The molecule has 0 aliphatic carbocycles. The summed E-state index contributed by atoms with van der Waals surface area (Å²) in [6.45, 7) is 1.68. The summed E-state index contributed by atoms with van der Waals surface area (Å²) in [5, 5.41) is 3.38. The number of carbonyl (C=O) groups is 1. The standard InChI is InChI=1S/C14H17FN2O/c15-11-5-3-10-4-6-14(18)17(13(10)8-11)9-12-2-1-7-16-12/h3,5,8,12,16H,1-2,4,6-7,9H2/t12-/m0/s1.